The molecule has 0 amide bonds. The fourth-order valence-electron chi connectivity index (χ4n) is 10.3. The highest BCUT2D eigenvalue weighted by molar-refractivity contribution is 5.85. The van der Waals surface area contributed by atoms with Crippen LogP contribution in [0.15, 0.2) is 35.9 Å². The van der Waals surface area contributed by atoms with E-state index in [-0.39, 0.29) is 22.9 Å². The summed E-state index contributed by atoms with van der Waals surface area (Å²) < 4.78 is 19.7. The van der Waals surface area contributed by atoms with E-state index >= 15 is 0 Å². The third-order valence-electron chi connectivity index (χ3n) is 11.8. The van der Waals surface area contributed by atoms with E-state index in [0.717, 1.165) is 49.5 Å². The van der Waals surface area contributed by atoms with E-state index in [0.29, 0.717) is 17.7 Å². The molecule has 6 nitrogen and oxygen atoms in total. The van der Waals surface area contributed by atoms with Gasteiger partial charge in [-0.05, 0) is 89.7 Å². The van der Waals surface area contributed by atoms with Crippen molar-refractivity contribution in [2.24, 2.45) is 23.2 Å². The second-order valence-corrected chi connectivity index (χ2v) is 14.4. The summed E-state index contributed by atoms with van der Waals surface area (Å²) in [4.78, 5) is 15.7. The molecule has 216 valence electrons. The zero-order valence-corrected chi connectivity index (χ0v) is 25.0. The number of carbonyl (C=O) groups excluding carboxylic acids is 1. The Morgan fingerprint density at radius 3 is 2.67 bits per heavy atom. The molecule has 1 aromatic rings. The molecule has 0 radical (unpaired) electrons. The van der Waals surface area contributed by atoms with Gasteiger partial charge in [-0.25, -0.2) is 4.79 Å². The van der Waals surface area contributed by atoms with Gasteiger partial charge in [0.05, 0.1) is 11.0 Å². The molecule has 4 aliphatic carbocycles. The van der Waals surface area contributed by atoms with Crippen LogP contribution in [0.5, 0.6) is 11.5 Å². The summed E-state index contributed by atoms with van der Waals surface area (Å²) in [5.74, 6) is 1.94. The Balaban J connectivity index is 1.41. The van der Waals surface area contributed by atoms with E-state index in [2.05, 4.69) is 17.9 Å². The van der Waals surface area contributed by atoms with Gasteiger partial charge in [0.1, 0.15) is 11.7 Å². The average molecular weight is 548 g/mol. The Labute approximate surface area is 238 Å². The number of rotatable bonds is 8. The van der Waals surface area contributed by atoms with E-state index < -0.39 is 17.2 Å². The molecule has 3 bridgehead atoms. The van der Waals surface area contributed by atoms with Crippen LogP contribution < -0.4 is 9.47 Å². The second kappa shape index (κ2) is 8.68. The van der Waals surface area contributed by atoms with Gasteiger partial charge in [0, 0.05) is 49.2 Å². The number of methoxy groups -OCH3 is 1. The number of carbonyl (C=O) groups is 1. The molecule has 7 atom stereocenters. The Hall–Kier alpha value is -2.15. The Morgan fingerprint density at radius 2 is 2.02 bits per heavy atom. The number of benzene rings is 1. The average Bonchev–Trinajstić information content (AvgIpc) is 3.57. The third kappa shape index (κ3) is 3.30. The van der Waals surface area contributed by atoms with Gasteiger partial charge in [-0.3, -0.25) is 4.90 Å². The van der Waals surface area contributed by atoms with Crippen LogP contribution in [-0.4, -0.2) is 59.5 Å². The molecule has 1 N–H and O–H groups in total. The molecule has 6 heteroatoms. The highest BCUT2D eigenvalue weighted by Gasteiger charge is 2.85. The fourth-order valence-corrected chi connectivity index (χ4v) is 10.3. The predicted octanol–water partition coefficient (Wildman–Crippen LogP) is 5.36. The Kier molecular flexibility index (Phi) is 5.80. The van der Waals surface area contributed by atoms with Crippen molar-refractivity contribution < 1.29 is 24.1 Å². The van der Waals surface area contributed by atoms with Crippen LogP contribution in [0.3, 0.4) is 0 Å². The van der Waals surface area contributed by atoms with Gasteiger partial charge in [0.25, 0.3) is 0 Å². The molecule has 3 saturated carbocycles. The first-order valence-corrected chi connectivity index (χ1v) is 15.4. The molecular weight excluding hydrogens is 502 g/mol. The van der Waals surface area contributed by atoms with Crippen molar-refractivity contribution in [1.29, 1.82) is 0 Å². The summed E-state index contributed by atoms with van der Waals surface area (Å²) in [6.45, 7) is 12.5. The molecule has 6 aliphatic rings. The molecule has 40 heavy (non-hydrogen) atoms. The number of ether oxygens (including phenoxy) is 3. The lowest BCUT2D eigenvalue weighted by atomic mass is 9.40. The number of nitrogens with zero attached hydrogens (tertiary/aromatic N) is 1. The monoisotopic (exact) mass is 547 g/mol. The summed E-state index contributed by atoms with van der Waals surface area (Å²) in [7, 11) is 1.82. The van der Waals surface area contributed by atoms with Crippen LogP contribution >= 0.6 is 0 Å². The minimum atomic E-state index is -0.918. The van der Waals surface area contributed by atoms with Crippen LogP contribution in [0, 0.1) is 23.2 Å². The van der Waals surface area contributed by atoms with Gasteiger partial charge in [-0.2, -0.15) is 0 Å². The summed E-state index contributed by atoms with van der Waals surface area (Å²) >= 11 is 0. The number of hydrogen-bond donors (Lipinski definition) is 1. The minimum absolute atomic E-state index is 0.0527. The zero-order chi connectivity index (χ0) is 28.2. The Morgan fingerprint density at radius 1 is 1.25 bits per heavy atom. The van der Waals surface area contributed by atoms with Crippen molar-refractivity contribution in [1.82, 2.24) is 4.90 Å². The summed E-state index contributed by atoms with van der Waals surface area (Å²) in [6.07, 6.45) is 11.4. The number of piperidine rings is 1. The fraction of sp³-hybridized carbons (Fsp3) is 0.676. The molecule has 1 aromatic carbocycles. The molecule has 2 aliphatic heterocycles. The second-order valence-electron chi connectivity index (χ2n) is 14.4. The van der Waals surface area contributed by atoms with Crippen molar-refractivity contribution in [3.63, 3.8) is 0 Å². The van der Waals surface area contributed by atoms with Gasteiger partial charge < -0.3 is 19.3 Å². The Bertz CT molecular complexity index is 1300. The van der Waals surface area contributed by atoms with Crippen LogP contribution in [0.2, 0.25) is 0 Å². The number of allylic oxidation sites excluding steroid dienone is 3. The van der Waals surface area contributed by atoms with Crippen LogP contribution in [0.1, 0.15) is 77.8 Å². The lowest BCUT2D eigenvalue weighted by molar-refractivity contribution is -0.232. The predicted molar refractivity (Wildman–Crippen MR) is 154 cm³/mol. The zero-order valence-electron chi connectivity index (χ0n) is 25.0. The van der Waals surface area contributed by atoms with Crippen molar-refractivity contribution in [2.75, 3.05) is 20.2 Å². The molecule has 1 spiro atoms. The maximum atomic E-state index is 12.9. The molecule has 7 rings (SSSR count). The van der Waals surface area contributed by atoms with E-state index in [1.165, 1.54) is 36.6 Å². The van der Waals surface area contributed by atoms with Crippen molar-refractivity contribution in [3.8, 4) is 11.5 Å². The minimum Gasteiger partial charge on any atom is -0.482 e. The van der Waals surface area contributed by atoms with Gasteiger partial charge in [0.2, 0.25) is 0 Å². The van der Waals surface area contributed by atoms with Gasteiger partial charge >= 0.3 is 5.97 Å². The standard InChI is InChI=1S/C34H45NO5/c1-7-32-17-25(31(4,5)37)33(38-6)16-23-19-35(18-21-11-12-21)26(32)15-22-13-14-24(39-27(36)10-8-9-20(2)3)29-28(22)34(23,32)30(33)40-29/h8-10,13-14,21,23,25-26,30,37H,7,11-12,15-19H2,1-6H3/b10-8+/t23?,25-,26-,30+,32+,33+,34+/m1/s1. The van der Waals surface area contributed by atoms with Crippen molar-refractivity contribution in [2.45, 2.75) is 102 Å². The summed E-state index contributed by atoms with van der Waals surface area (Å²) in [5, 5.41) is 11.7. The molecule has 1 saturated heterocycles. The van der Waals surface area contributed by atoms with Gasteiger partial charge in [0.15, 0.2) is 11.5 Å². The van der Waals surface area contributed by atoms with Crippen LogP contribution in [-0.2, 0) is 21.4 Å². The first-order chi connectivity index (χ1) is 19.0. The lowest BCUT2D eigenvalue weighted by Gasteiger charge is -2.68. The molecule has 0 aromatic heterocycles. The smallest absolute Gasteiger partial charge is 0.336 e. The highest BCUT2D eigenvalue weighted by atomic mass is 16.6. The van der Waals surface area contributed by atoms with Crippen LogP contribution in [0.4, 0.5) is 0 Å². The number of likely N-dealkylation sites (tertiary alicyclic amines) is 1. The molecule has 1 unspecified atom stereocenters. The maximum absolute atomic E-state index is 12.9. The summed E-state index contributed by atoms with van der Waals surface area (Å²) in [5.41, 5.74) is 1.94. The number of hydrogen-bond acceptors (Lipinski definition) is 6. The van der Waals surface area contributed by atoms with Gasteiger partial charge in [-0.15, -0.1) is 0 Å². The van der Waals surface area contributed by atoms with Crippen LogP contribution in [0.25, 0.3) is 0 Å². The normalized spacial score (nSPS) is 38.9. The van der Waals surface area contributed by atoms with Gasteiger partial charge in [-0.1, -0.05) is 30.7 Å². The van der Waals surface area contributed by atoms with E-state index in [4.69, 9.17) is 14.2 Å². The number of esters is 1. The van der Waals surface area contributed by atoms with Crippen molar-refractivity contribution in [3.05, 3.63) is 47.1 Å². The van der Waals surface area contributed by atoms with E-state index in [1.807, 2.05) is 46.9 Å². The quantitative estimate of drug-likeness (QED) is 0.205. The lowest BCUT2D eigenvalue weighted by Crippen LogP contribution is -2.76. The maximum Gasteiger partial charge on any atom is 0.336 e. The highest BCUT2D eigenvalue weighted by Crippen LogP contribution is 2.79. The van der Waals surface area contributed by atoms with Crippen molar-refractivity contribution >= 4 is 5.97 Å². The molecule has 2 heterocycles. The topological polar surface area (TPSA) is 68.2 Å². The molecular formula is C34H45NO5. The van der Waals surface area contributed by atoms with E-state index in [1.54, 1.807) is 6.08 Å². The summed E-state index contributed by atoms with van der Waals surface area (Å²) in [6, 6.07) is 4.53. The third-order valence-corrected chi connectivity index (χ3v) is 11.8. The largest absolute Gasteiger partial charge is 0.482 e. The number of aliphatic hydroxyl groups is 1. The first kappa shape index (κ1) is 26.7. The SMILES string of the molecule is CC[C@]12C[C@H](C(C)(C)O)[C@@]3(OC)CC4CN(CC5CC5)[C@@H]1Cc1ccc(OC(=O)/C=C/C=C(C)C)c5c1[C@]42[C@H]3O5. The first-order valence-electron chi connectivity index (χ1n) is 15.4. The van der Waals surface area contributed by atoms with E-state index in [9.17, 15) is 9.90 Å². The molecule has 4 fully saturated rings.